The van der Waals surface area contributed by atoms with Gasteiger partial charge in [-0.05, 0) is 41.5 Å². The first-order chi connectivity index (χ1) is 12.2. The van der Waals surface area contributed by atoms with Crippen LogP contribution in [-0.4, -0.2) is 9.97 Å². The first-order valence-electron chi connectivity index (χ1n) is 7.64. The summed E-state index contributed by atoms with van der Waals surface area (Å²) in [4.78, 5) is 8.92. The minimum absolute atomic E-state index is 0.642. The van der Waals surface area contributed by atoms with Gasteiger partial charge >= 0.3 is 0 Å². The highest BCUT2D eigenvalue weighted by Crippen LogP contribution is 2.39. The van der Waals surface area contributed by atoms with E-state index in [2.05, 4.69) is 11.1 Å². The minimum atomic E-state index is 0.642. The average Bonchev–Trinajstić information content (AvgIpc) is 3.01. The van der Waals surface area contributed by atoms with Crippen molar-refractivity contribution in [2.45, 2.75) is 0 Å². The van der Waals surface area contributed by atoms with Crippen molar-refractivity contribution in [2.24, 2.45) is 0 Å². The zero-order valence-corrected chi connectivity index (χ0v) is 15.3. The Morgan fingerprint density at radius 3 is 2.12 bits per heavy atom. The van der Waals surface area contributed by atoms with E-state index in [9.17, 15) is 0 Å². The molecule has 2 nitrogen and oxygen atoms in total. The van der Waals surface area contributed by atoms with Crippen molar-refractivity contribution >= 4 is 34.5 Å². The molecule has 5 heteroatoms. The third kappa shape index (κ3) is 3.45. The third-order valence-corrected chi connectivity index (χ3v) is 5.33. The average molecular weight is 383 g/mol. The van der Waals surface area contributed by atoms with Crippen LogP contribution in [0.3, 0.4) is 0 Å². The SMILES string of the molecule is Clc1cc(-c2cc(-c3ccncc3)cc(-c3ccccc3)n2)c(Cl)s1. The van der Waals surface area contributed by atoms with Gasteiger partial charge in [-0.1, -0.05) is 53.5 Å². The maximum atomic E-state index is 6.36. The number of aromatic nitrogens is 2. The van der Waals surface area contributed by atoms with Gasteiger partial charge in [0, 0.05) is 23.5 Å². The lowest BCUT2D eigenvalue weighted by atomic mass is 10.0. The first kappa shape index (κ1) is 16.3. The van der Waals surface area contributed by atoms with Crippen LogP contribution in [-0.2, 0) is 0 Å². The quantitative estimate of drug-likeness (QED) is 0.387. The Hall–Kier alpha value is -2.20. The zero-order chi connectivity index (χ0) is 17.2. The molecule has 1 aromatic carbocycles. The van der Waals surface area contributed by atoms with Crippen LogP contribution in [0.4, 0.5) is 0 Å². The molecule has 0 fully saturated rings. The van der Waals surface area contributed by atoms with E-state index < -0.39 is 0 Å². The standard InChI is InChI=1S/C20H12Cl2N2S/c21-19-12-16(20(22)25-19)18-11-15(13-6-8-23-9-7-13)10-17(24-18)14-4-2-1-3-5-14/h1-12H. The van der Waals surface area contributed by atoms with Gasteiger partial charge in [0.2, 0.25) is 0 Å². The predicted molar refractivity (Wildman–Crippen MR) is 106 cm³/mol. The van der Waals surface area contributed by atoms with Crippen LogP contribution in [0.5, 0.6) is 0 Å². The Balaban J connectivity index is 1.94. The molecule has 0 spiro atoms. The minimum Gasteiger partial charge on any atom is -0.265 e. The molecule has 3 heterocycles. The van der Waals surface area contributed by atoms with E-state index in [-0.39, 0.29) is 0 Å². The summed E-state index contributed by atoms with van der Waals surface area (Å²) in [7, 11) is 0. The Labute approximate surface area is 159 Å². The Morgan fingerprint density at radius 1 is 0.720 bits per heavy atom. The summed E-state index contributed by atoms with van der Waals surface area (Å²) in [5, 5.41) is 0. The van der Waals surface area contributed by atoms with Gasteiger partial charge in [-0.2, -0.15) is 0 Å². The maximum absolute atomic E-state index is 6.36. The highest BCUT2D eigenvalue weighted by molar-refractivity contribution is 7.20. The summed E-state index contributed by atoms with van der Waals surface area (Å²) in [5.74, 6) is 0. The Morgan fingerprint density at radius 2 is 1.44 bits per heavy atom. The second kappa shape index (κ2) is 6.96. The Kier molecular flexibility index (Phi) is 4.53. The van der Waals surface area contributed by atoms with Gasteiger partial charge in [0.1, 0.15) is 4.34 Å². The molecule has 0 radical (unpaired) electrons. The molecule has 0 atom stereocenters. The summed E-state index contributed by atoms with van der Waals surface area (Å²) in [5.41, 5.74) is 5.74. The summed E-state index contributed by atoms with van der Waals surface area (Å²) >= 11 is 13.8. The largest absolute Gasteiger partial charge is 0.265 e. The highest BCUT2D eigenvalue weighted by atomic mass is 35.5. The Bertz CT molecular complexity index is 957. The normalized spacial score (nSPS) is 10.8. The van der Waals surface area contributed by atoms with E-state index in [1.165, 1.54) is 11.3 Å². The smallest absolute Gasteiger partial charge is 0.104 e. The first-order valence-corrected chi connectivity index (χ1v) is 9.21. The molecular weight excluding hydrogens is 371 g/mol. The number of rotatable bonds is 3. The van der Waals surface area contributed by atoms with E-state index in [0.29, 0.717) is 8.67 Å². The summed E-state index contributed by atoms with van der Waals surface area (Å²) in [6, 6.07) is 20.0. The van der Waals surface area contributed by atoms with Crippen LogP contribution >= 0.6 is 34.5 Å². The number of halogens is 2. The van der Waals surface area contributed by atoms with Crippen LogP contribution in [0.2, 0.25) is 8.67 Å². The molecule has 0 aliphatic carbocycles. The van der Waals surface area contributed by atoms with Gasteiger partial charge in [0.15, 0.2) is 0 Å². The summed E-state index contributed by atoms with van der Waals surface area (Å²) in [6.07, 6.45) is 3.57. The van der Waals surface area contributed by atoms with Gasteiger partial charge in [-0.15, -0.1) is 11.3 Å². The van der Waals surface area contributed by atoms with Crippen molar-refractivity contribution < 1.29 is 0 Å². The highest BCUT2D eigenvalue weighted by Gasteiger charge is 2.13. The van der Waals surface area contributed by atoms with Crippen LogP contribution in [0.25, 0.3) is 33.6 Å². The molecule has 4 aromatic rings. The van der Waals surface area contributed by atoms with Crippen molar-refractivity contribution in [3.05, 3.63) is 81.7 Å². The van der Waals surface area contributed by atoms with E-state index in [1.807, 2.05) is 54.6 Å². The van der Waals surface area contributed by atoms with Crippen molar-refractivity contribution in [3.8, 4) is 33.6 Å². The summed E-state index contributed by atoms with van der Waals surface area (Å²) < 4.78 is 1.29. The van der Waals surface area contributed by atoms with Crippen molar-refractivity contribution in [2.75, 3.05) is 0 Å². The predicted octanol–water partition coefficient (Wildman–Crippen LogP) is 6.85. The monoisotopic (exact) mass is 382 g/mol. The number of hydrogen-bond acceptors (Lipinski definition) is 3. The number of nitrogens with zero attached hydrogens (tertiary/aromatic N) is 2. The van der Waals surface area contributed by atoms with E-state index in [1.54, 1.807) is 12.4 Å². The van der Waals surface area contributed by atoms with Crippen LogP contribution in [0.15, 0.2) is 73.1 Å². The molecule has 0 saturated heterocycles. The molecule has 25 heavy (non-hydrogen) atoms. The fourth-order valence-corrected chi connectivity index (χ4v) is 4.13. The van der Waals surface area contributed by atoms with E-state index in [4.69, 9.17) is 28.2 Å². The molecule has 3 aromatic heterocycles. The fourth-order valence-electron chi connectivity index (χ4n) is 2.65. The molecule has 4 rings (SSSR count). The molecule has 0 aliphatic heterocycles. The number of pyridine rings is 2. The molecule has 0 saturated carbocycles. The lowest BCUT2D eigenvalue weighted by molar-refractivity contribution is 1.31. The molecule has 0 unspecified atom stereocenters. The van der Waals surface area contributed by atoms with Crippen LogP contribution in [0, 0.1) is 0 Å². The van der Waals surface area contributed by atoms with Gasteiger partial charge in [-0.3, -0.25) is 4.98 Å². The van der Waals surface area contributed by atoms with E-state index in [0.717, 1.165) is 33.6 Å². The van der Waals surface area contributed by atoms with E-state index >= 15 is 0 Å². The van der Waals surface area contributed by atoms with Gasteiger partial charge in [0.05, 0.1) is 15.7 Å². The van der Waals surface area contributed by atoms with Crippen molar-refractivity contribution in [3.63, 3.8) is 0 Å². The topological polar surface area (TPSA) is 25.8 Å². The third-order valence-electron chi connectivity index (χ3n) is 3.84. The lowest BCUT2D eigenvalue weighted by Gasteiger charge is -2.09. The number of benzene rings is 1. The van der Waals surface area contributed by atoms with Gasteiger partial charge in [-0.25, -0.2) is 4.98 Å². The van der Waals surface area contributed by atoms with Crippen LogP contribution in [0.1, 0.15) is 0 Å². The second-order valence-corrected chi connectivity index (χ2v) is 7.75. The van der Waals surface area contributed by atoms with Crippen LogP contribution < -0.4 is 0 Å². The molecule has 122 valence electrons. The molecule has 0 N–H and O–H groups in total. The van der Waals surface area contributed by atoms with Crippen molar-refractivity contribution in [1.82, 2.24) is 9.97 Å². The molecule has 0 aliphatic rings. The lowest BCUT2D eigenvalue weighted by Crippen LogP contribution is -1.90. The van der Waals surface area contributed by atoms with Gasteiger partial charge < -0.3 is 0 Å². The number of hydrogen-bond donors (Lipinski definition) is 0. The zero-order valence-electron chi connectivity index (χ0n) is 13.0. The maximum Gasteiger partial charge on any atom is 0.104 e. The molecule has 0 amide bonds. The van der Waals surface area contributed by atoms with Crippen molar-refractivity contribution in [1.29, 1.82) is 0 Å². The van der Waals surface area contributed by atoms with Gasteiger partial charge in [0.25, 0.3) is 0 Å². The fraction of sp³-hybridized carbons (Fsp3) is 0. The molecule has 0 bridgehead atoms. The molecular formula is C20H12Cl2N2S. The second-order valence-electron chi connectivity index (χ2n) is 5.47. The summed E-state index contributed by atoms with van der Waals surface area (Å²) in [6.45, 7) is 0. The number of thiophene rings is 1.